The van der Waals surface area contributed by atoms with Gasteiger partial charge in [0.25, 0.3) is 0 Å². The van der Waals surface area contributed by atoms with Crippen molar-refractivity contribution < 1.29 is 9.26 Å². The zero-order valence-corrected chi connectivity index (χ0v) is 13.7. The van der Waals surface area contributed by atoms with Gasteiger partial charge in [0.1, 0.15) is 6.10 Å². The Morgan fingerprint density at radius 1 is 1.29 bits per heavy atom. The Morgan fingerprint density at radius 3 is 2.67 bits per heavy atom. The van der Waals surface area contributed by atoms with Gasteiger partial charge in [-0.3, -0.25) is 0 Å². The summed E-state index contributed by atoms with van der Waals surface area (Å²) in [6, 6.07) is 0. The van der Waals surface area contributed by atoms with Crippen molar-refractivity contribution in [3.63, 3.8) is 0 Å². The van der Waals surface area contributed by atoms with Crippen molar-refractivity contribution in [2.45, 2.75) is 76.9 Å². The predicted octanol–water partition coefficient (Wildman–Crippen LogP) is 3.41. The van der Waals surface area contributed by atoms with E-state index in [4.69, 9.17) is 9.26 Å². The molecule has 0 amide bonds. The SMILES string of the molecule is CCCC(OCC)c1noc(CC2(NC)CCCCC2)n1. The van der Waals surface area contributed by atoms with Crippen LogP contribution in [0.5, 0.6) is 0 Å². The molecule has 1 aromatic rings. The lowest BCUT2D eigenvalue weighted by atomic mass is 9.79. The second kappa shape index (κ2) is 7.90. The molecule has 1 aromatic heterocycles. The average molecular weight is 295 g/mol. The minimum Gasteiger partial charge on any atom is -0.370 e. The minimum atomic E-state index is -0.0330. The summed E-state index contributed by atoms with van der Waals surface area (Å²) in [4.78, 5) is 4.59. The van der Waals surface area contributed by atoms with Gasteiger partial charge in [-0.2, -0.15) is 4.98 Å². The number of nitrogens with one attached hydrogen (secondary N) is 1. The predicted molar refractivity (Wildman–Crippen MR) is 82.2 cm³/mol. The van der Waals surface area contributed by atoms with Crippen LogP contribution >= 0.6 is 0 Å². The number of nitrogens with zero attached hydrogens (tertiary/aromatic N) is 2. The van der Waals surface area contributed by atoms with Crippen molar-refractivity contribution in [3.8, 4) is 0 Å². The Kier molecular flexibility index (Phi) is 6.18. The summed E-state index contributed by atoms with van der Waals surface area (Å²) in [5.41, 5.74) is 0.133. The van der Waals surface area contributed by atoms with E-state index in [2.05, 4.69) is 22.4 Å². The second-order valence-electron chi connectivity index (χ2n) is 6.05. The zero-order chi connectivity index (χ0) is 15.1. The average Bonchev–Trinajstić information content (AvgIpc) is 2.96. The summed E-state index contributed by atoms with van der Waals surface area (Å²) in [5.74, 6) is 1.44. The number of hydrogen-bond acceptors (Lipinski definition) is 5. The summed E-state index contributed by atoms with van der Waals surface area (Å²) in [5, 5.41) is 7.64. The van der Waals surface area contributed by atoms with Gasteiger partial charge in [-0.25, -0.2) is 0 Å². The van der Waals surface area contributed by atoms with Gasteiger partial charge in [0, 0.05) is 18.6 Å². The van der Waals surface area contributed by atoms with Gasteiger partial charge >= 0.3 is 0 Å². The molecule has 1 fully saturated rings. The van der Waals surface area contributed by atoms with Crippen molar-refractivity contribution in [1.82, 2.24) is 15.5 Å². The first-order valence-electron chi connectivity index (χ1n) is 8.36. The first kappa shape index (κ1) is 16.4. The van der Waals surface area contributed by atoms with Crippen molar-refractivity contribution in [3.05, 3.63) is 11.7 Å². The van der Waals surface area contributed by atoms with E-state index < -0.39 is 0 Å². The van der Waals surface area contributed by atoms with Crippen LogP contribution in [-0.4, -0.2) is 29.3 Å². The third-order valence-electron chi connectivity index (χ3n) is 4.52. The van der Waals surface area contributed by atoms with Crippen molar-refractivity contribution >= 4 is 0 Å². The van der Waals surface area contributed by atoms with Gasteiger partial charge in [0.15, 0.2) is 0 Å². The van der Waals surface area contributed by atoms with E-state index in [0.717, 1.165) is 25.2 Å². The fourth-order valence-corrected chi connectivity index (χ4v) is 3.25. The van der Waals surface area contributed by atoms with Crippen LogP contribution in [0.2, 0.25) is 0 Å². The monoisotopic (exact) mass is 295 g/mol. The summed E-state index contributed by atoms with van der Waals surface area (Å²) < 4.78 is 11.2. The van der Waals surface area contributed by atoms with Crippen LogP contribution < -0.4 is 5.32 Å². The van der Waals surface area contributed by atoms with Gasteiger partial charge in [-0.15, -0.1) is 0 Å². The van der Waals surface area contributed by atoms with Gasteiger partial charge < -0.3 is 14.6 Å². The third kappa shape index (κ3) is 4.27. The highest BCUT2D eigenvalue weighted by Crippen LogP contribution is 2.31. The number of likely N-dealkylation sites (N-methyl/N-ethyl adjacent to an activating group) is 1. The minimum absolute atomic E-state index is 0.0330. The molecule has 0 saturated heterocycles. The largest absolute Gasteiger partial charge is 0.370 e. The Hall–Kier alpha value is -0.940. The first-order valence-corrected chi connectivity index (χ1v) is 8.36. The molecule has 1 aliphatic rings. The maximum atomic E-state index is 5.72. The Bertz CT molecular complexity index is 407. The lowest BCUT2D eigenvalue weighted by Crippen LogP contribution is -2.46. The fourth-order valence-electron chi connectivity index (χ4n) is 3.25. The maximum absolute atomic E-state index is 5.72. The van der Waals surface area contributed by atoms with Crippen LogP contribution in [0.25, 0.3) is 0 Å². The molecule has 1 N–H and O–H groups in total. The standard InChI is InChI=1S/C16H29N3O2/c1-4-9-13(20-5-2)15-18-14(21-19-15)12-16(17-3)10-7-6-8-11-16/h13,17H,4-12H2,1-3H3. The van der Waals surface area contributed by atoms with Crippen molar-refractivity contribution in [1.29, 1.82) is 0 Å². The lowest BCUT2D eigenvalue weighted by molar-refractivity contribution is 0.0477. The second-order valence-corrected chi connectivity index (χ2v) is 6.05. The Labute approximate surface area is 127 Å². The molecule has 5 nitrogen and oxygen atoms in total. The molecule has 1 aliphatic carbocycles. The van der Waals surface area contributed by atoms with Gasteiger partial charge in [-0.05, 0) is 33.2 Å². The number of hydrogen-bond donors (Lipinski definition) is 1. The van der Waals surface area contributed by atoms with Gasteiger partial charge in [-0.1, -0.05) is 37.8 Å². The molecular formula is C16H29N3O2. The molecule has 1 saturated carbocycles. The third-order valence-corrected chi connectivity index (χ3v) is 4.52. The number of aromatic nitrogens is 2. The van der Waals surface area contributed by atoms with E-state index in [-0.39, 0.29) is 11.6 Å². The molecule has 1 atom stereocenters. The van der Waals surface area contributed by atoms with E-state index in [1.54, 1.807) is 0 Å². The molecule has 21 heavy (non-hydrogen) atoms. The molecular weight excluding hydrogens is 266 g/mol. The Morgan fingerprint density at radius 2 is 2.05 bits per heavy atom. The Balaban J connectivity index is 2.04. The molecule has 1 unspecified atom stereocenters. The maximum Gasteiger partial charge on any atom is 0.228 e. The number of rotatable bonds is 8. The first-order chi connectivity index (χ1) is 10.2. The molecule has 5 heteroatoms. The van der Waals surface area contributed by atoms with Crippen LogP contribution in [0, 0.1) is 0 Å². The number of ether oxygens (including phenoxy) is 1. The van der Waals surface area contributed by atoms with Crippen molar-refractivity contribution in [2.75, 3.05) is 13.7 Å². The molecule has 2 rings (SSSR count). The highest BCUT2D eigenvalue weighted by molar-refractivity contribution is 5.00. The van der Waals surface area contributed by atoms with E-state index in [9.17, 15) is 0 Å². The molecule has 0 radical (unpaired) electrons. The molecule has 0 aromatic carbocycles. The molecule has 1 heterocycles. The van der Waals surface area contributed by atoms with E-state index in [1.165, 1.54) is 32.1 Å². The highest BCUT2D eigenvalue weighted by Gasteiger charge is 2.33. The van der Waals surface area contributed by atoms with Crippen LogP contribution in [0.4, 0.5) is 0 Å². The fraction of sp³-hybridized carbons (Fsp3) is 0.875. The lowest BCUT2D eigenvalue weighted by Gasteiger charge is -2.36. The van der Waals surface area contributed by atoms with Gasteiger partial charge in [0.05, 0.1) is 0 Å². The molecule has 0 spiro atoms. The smallest absolute Gasteiger partial charge is 0.228 e. The summed E-state index contributed by atoms with van der Waals surface area (Å²) in [7, 11) is 2.04. The summed E-state index contributed by atoms with van der Waals surface area (Å²) in [6.07, 6.45) is 9.03. The van der Waals surface area contributed by atoms with Crippen LogP contribution in [0.1, 0.15) is 76.6 Å². The van der Waals surface area contributed by atoms with Crippen LogP contribution in [0.15, 0.2) is 4.52 Å². The highest BCUT2D eigenvalue weighted by atomic mass is 16.5. The van der Waals surface area contributed by atoms with E-state index in [0.29, 0.717) is 12.4 Å². The zero-order valence-electron chi connectivity index (χ0n) is 13.7. The summed E-state index contributed by atoms with van der Waals surface area (Å²) in [6.45, 7) is 4.82. The molecule has 120 valence electrons. The van der Waals surface area contributed by atoms with Crippen LogP contribution in [0.3, 0.4) is 0 Å². The van der Waals surface area contributed by atoms with Crippen LogP contribution in [-0.2, 0) is 11.2 Å². The topological polar surface area (TPSA) is 60.2 Å². The van der Waals surface area contributed by atoms with Gasteiger partial charge in [0.2, 0.25) is 11.7 Å². The van der Waals surface area contributed by atoms with E-state index >= 15 is 0 Å². The quantitative estimate of drug-likeness (QED) is 0.796. The summed E-state index contributed by atoms with van der Waals surface area (Å²) >= 11 is 0. The molecule has 0 aliphatic heterocycles. The molecule has 0 bridgehead atoms. The normalized spacial score (nSPS) is 19.6. The van der Waals surface area contributed by atoms with E-state index in [1.807, 2.05) is 14.0 Å². The van der Waals surface area contributed by atoms with Crippen molar-refractivity contribution in [2.24, 2.45) is 0 Å².